The van der Waals surface area contributed by atoms with E-state index in [1.54, 1.807) is 50.2 Å². The maximum atomic E-state index is 13.7. The summed E-state index contributed by atoms with van der Waals surface area (Å²) in [6.07, 6.45) is 0. The van der Waals surface area contributed by atoms with E-state index in [4.69, 9.17) is 14.2 Å². The van der Waals surface area contributed by atoms with E-state index in [0.717, 1.165) is 5.39 Å². The molecule has 1 aliphatic rings. The van der Waals surface area contributed by atoms with E-state index >= 15 is 0 Å². The SMILES string of the molecule is CCOC(=O)C1=C(c2ccccc2)OC(c2ccccc2)=C(C(=O)OCC)C1c1cc2ccccc2[nH]c1=O. The van der Waals surface area contributed by atoms with Crippen LogP contribution in [-0.2, 0) is 23.8 Å². The molecule has 0 radical (unpaired) electrons. The van der Waals surface area contributed by atoms with Gasteiger partial charge in [-0.2, -0.15) is 0 Å². The summed E-state index contributed by atoms with van der Waals surface area (Å²) in [7, 11) is 0. The normalized spacial score (nSPS) is 13.8. The van der Waals surface area contributed by atoms with Crippen LogP contribution in [0.4, 0.5) is 0 Å². The van der Waals surface area contributed by atoms with Crippen molar-refractivity contribution in [1.29, 1.82) is 0 Å². The third-order valence-corrected chi connectivity index (χ3v) is 6.43. The fraction of sp³-hybridized carbons (Fsp3) is 0.156. The molecule has 0 aliphatic carbocycles. The first-order valence-corrected chi connectivity index (χ1v) is 12.8. The molecule has 7 nitrogen and oxygen atoms in total. The van der Waals surface area contributed by atoms with Crippen LogP contribution >= 0.6 is 0 Å². The smallest absolute Gasteiger partial charge is 0.338 e. The lowest BCUT2D eigenvalue weighted by Crippen LogP contribution is -2.31. The Morgan fingerprint density at radius 2 is 1.23 bits per heavy atom. The van der Waals surface area contributed by atoms with Crippen molar-refractivity contribution in [3.63, 3.8) is 0 Å². The molecule has 39 heavy (non-hydrogen) atoms. The number of H-pyrrole nitrogens is 1. The zero-order valence-corrected chi connectivity index (χ0v) is 21.6. The summed E-state index contributed by atoms with van der Waals surface area (Å²) in [6.45, 7) is 3.57. The molecule has 7 heteroatoms. The molecule has 0 spiro atoms. The zero-order chi connectivity index (χ0) is 27.4. The number of hydrogen-bond donors (Lipinski definition) is 1. The average Bonchev–Trinajstić information content (AvgIpc) is 2.97. The van der Waals surface area contributed by atoms with Gasteiger partial charge in [0.15, 0.2) is 0 Å². The second-order valence-electron chi connectivity index (χ2n) is 8.83. The van der Waals surface area contributed by atoms with Gasteiger partial charge in [0.2, 0.25) is 0 Å². The van der Waals surface area contributed by atoms with Gasteiger partial charge in [0.25, 0.3) is 5.56 Å². The zero-order valence-electron chi connectivity index (χ0n) is 21.6. The molecule has 0 bridgehead atoms. The van der Waals surface area contributed by atoms with Crippen LogP contribution in [0, 0.1) is 0 Å². The summed E-state index contributed by atoms with van der Waals surface area (Å²) in [4.78, 5) is 43.9. The van der Waals surface area contributed by atoms with Crippen LogP contribution in [-0.4, -0.2) is 30.1 Å². The molecule has 1 N–H and O–H groups in total. The summed E-state index contributed by atoms with van der Waals surface area (Å²) in [6, 6.07) is 27.2. The number of rotatable bonds is 7. The number of carbonyl (C=O) groups is 2. The summed E-state index contributed by atoms with van der Waals surface area (Å²) < 4.78 is 17.4. The van der Waals surface area contributed by atoms with Crippen molar-refractivity contribution in [3.8, 4) is 0 Å². The van der Waals surface area contributed by atoms with Crippen molar-refractivity contribution in [2.75, 3.05) is 13.2 Å². The molecule has 1 aliphatic heterocycles. The molecule has 1 aromatic heterocycles. The minimum Gasteiger partial charge on any atom is -0.463 e. The number of pyridine rings is 1. The molecule has 0 fully saturated rings. The molecule has 3 aromatic carbocycles. The molecular formula is C32H27NO6. The van der Waals surface area contributed by atoms with E-state index in [1.807, 2.05) is 54.6 Å². The number of ether oxygens (including phenoxy) is 3. The summed E-state index contributed by atoms with van der Waals surface area (Å²) >= 11 is 0. The van der Waals surface area contributed by atoms with Crippen LogP contribution in [0.3, 0.4) is 0 Å². The molecule has 0 atom stereocenters. The Kier molecular flexibility index (Phi) is 7.41. The Hall–Kier alpha value is -4.91. The number of hydrogen-bond acceptors (Lipinski definition) is 6. The number of benzene rings is 3. The first kappa shape index (κ1) is 25.7. The maximum absolute atomic E-state index is 13.7. The second-order valence-corrected chi connectivity index (χ2v) is 8.83. The van der Waals surface area contributed by atoms with E-state index in [-0.39, 0.29) is 41.4 Å². The van der Waals surface area contributed by atoms with Crippen LogP contribution in [0.5, 0.6) is 0 Å². The number of fused-ring (bicyclic) bond motifs is 1. The number of nitrogens with one attached hydrogen (secondary N) is 1. The Labute approximate surface area is 225 Å². The van der Waals surface area contributed by atoms with Gasteiger partial charge < -0.3 is 19.2 Å². The van der Waals surface area contributed by atoms with E-state index in [1.165, 1.54) is 0 Å². The minimum atomic E-state index is -1.13. The highest BCUT2D eigenvalue weighted by molar-refractivity contribution is 6.08. The highest BCUT2D eigenvalue weighted by Gasteiger charge is 2.43. The molecule has 4 aromatic rings. The van der Waals surface area contributed by atoms with Gasteiger partial charge in [0.1, 0.15) is 11.5 Å². The van der Waals surface area contributed by atoms with Crippen LogP contribution in [0.1, 0.15) is 36.5 Å². The number of carbonyl (C=O) groups excluding carboxylic acids is 2. The van der Waals surface area contributed by atoms with Crippen molar-refractivity contribution in [1.82, 2.24) is 4.98 Å². The number of aromatic nitrogens is 1. The maximum Gasteiger partial charge on any atom is 0.338 e. The average molecular weight is 522 g/mol. The fourth-order valence-corrected chi connectivity index (χ4v) is 4.75. The Bertz CT molecular complexity index is 1570. The number of aromatic amines is 1. The van der Waals surface area contributed by atoms with Gasteiger partial charge in [-0.25, -0.2) is 9.59 Å². The van der Waals surface area contributed by atoms with Crippen LogP contribution in [0.25, 0.3) is 22.4 Å². The van der Waals surface area contributed by atoms with Crippen LogP contribution in [0.15, 0.2) is 107 Å². The Balaban J connectivity index is 1.90. The van der Waals surface area contributed by atoms with Crippen molar-refractivity contribution >= 4 is 34.4 Å². The van der Waals surface area contributed by atoms with Crippen molar-refractivity contribution in [2.24, 2.45) is 0 Å². The number of esters is 2. The minimum absolute atomic E-state index is 0.0477. The molecule has 0 saturated heterocycles. The molecule has 5 rings (SSSR count). The first-order valence-electron chi connectivity index (χ1n) is 12.8. The molecule has 2 heterocycles. The predicted octanol–water partition coefficient (Wildman–Crippen LogP) is 5.59. The first-order chi connectivity index (χ1) is 19.0. The standard InChI is InChI=1S/C32H27NO6/c1-3-37-31(35)26-25(23-19-22-17-11-12-18-24(22)33-30(23)34)27(32(36)38-4-2)29(21-15-9-6-10-16-21)39-28(26)20-13-7-5-8-14-20/h5-19,25H,3-4H2,1-2H3,(H,33,34). The third kappa shape index (κ3) is 4.99. The molecular weight excluding hydrogens is 494 g/mol. The number of para-hydroxylation sites is 1. The summed E-state index contributed by atoms with van der Waals surface area (Å²) in [5, 5.41) is 0.743. The van der Waals surface area contributed by atoms with E-state index in [0.29, 0.717) is 16.6 Å². The summed E-state index contributed by atoms with van der Waals surface area (Å²) in [5.74, 6) is -2.10. The third-order valence-electron chi connectivity index (χ3n) is 6.43. The lowest BCUT2D eigenvalue weighted by atomic mass is 9.79. The van der Waals surface area contributed by atoms with E-state index in [2.05, 4.69) is 4.98 Å². The Morgan fingerprint density at radius 1 is 0.744 bits per heavy atom. The van der Waals surface area contributed by atoms with Crippen molar-refractivity contribution in [2.45, 2.75) is 19.8 Å². The molecule has 0 amide bonds. The molecule has 0 unspecified atom stereocenters. The topological polar surface area (TPSA) is 94.7 Å². The van der Waals surface area contributed by atoms with Crippen molar-refractivity contribution < 1.29 is 23.8 Å². The van der Waals surface area contributed by atoms with Crippen molar-refractivity contribution in [3.05, 3.63) is 129 Å². The summed E-state index contributed by atoms with van der Waals surface area (Å²) in [5.41, 5.74) is 1.68. The monoisotopic (exact) mass is 521 g/mol. The van der Waals surface area contributed by atoms with Crippen LogP contribution < -0.4 is 5.56 Å². The van der Waals surface area contributed by atoms with Gasteiger partial charge in [0, 0.05) is 22.2 Å². The largest absolute Gasteiger partial charge is 0.463 e. The predicted molar refractivity (Wildman–Crippen MR) is 148 cm³/mol. The highest BCUT2D eigenvalue weighted by atomic mass is 16.5. The van der Waals surface area contributed by atoms with Gasteiger partial charge in [-0.3, -0.25) is 4.79 Å². The van der Waals surface area contributed by atoms with Crippen LogP contribution in [0.2, 0.25) is 0 Å². The van der Waals surface area contributed by atoms with Gasteiger partial charge in [-0.05, 0) is 31.4 Å². The quantitative estimate of drug-likeness (QED) is 0.319. The molecule has 0 saturated carbocycles. The van der Waals surface area contributed by atoms with Gasteiger partial charge in [-0.1, -0.05) is 78.9 Å². The Morgan fingerprint density at radius 3 is 1.74 bits per heavy atom. The lowest BCUT2D eigenvalue weighted by molar-refractivity contribution is -0.139. The van der Waals surface area contributed by atoms with Gasteiger partial charge >= 0.3 is 11.9 Å². The van der Waals surface area contributed by atoms with E-state index in [9.17, 15) is 14.4 Å². The molecule has 196 valence electrons. The highest BCUT2D eigenvalue weighted by Crippen LogP contribution is 2.46. The van der Waals surface area contributed by atoms with Gasteiger partial charge in [-0.15, -0.1) is 0 Å². The fourth-order valence-electron chi connectivity index (χ4n) is 4.75. The lowest BCUT2D eigenvalue weighted by Gasteiger charge is -2.31. The van der Waals surface area contributed by atoms with E-state index < -0.39 is 23.4 Å². The van der Waals surface area contributed by atoms with Gasteiger partial charge in [0.05, 0.1) is 30.3 Å². The second kappa shape index (κ2) is 11.2.